The number of phenols is 1. The largest absolute Gasteiger partial charge is 0.508 e. The second-order valence-corrected chi connectivity index (χ2v) is 5.27. The summed E-state index contributed by atoms with van der Waals surface area (Å²) in [5.41, 5.74) is -0.0847. The van der Waals surface area contributed by atoms with E-state index in [0.29, 0.717) is 30.8 Å². The van der Waals surface area contributed by atoms with Gasteiger partial charge in [-0.1, -0.05) is 27.2 Å². The topological polar surface area (TPSA) is 49.8 Å². The van der Waals surface area contributed by atoms with Crippen molar-refractivity contribution in [1.29, 1.82) is 0 Å². The normalized spacial score (nSPS) is 16.8. The quantitative estimate of drug-likeness (QED) is 0.896. The second kappa shape index (κ2) is 5.73. The maximum absolute atomic E-state index is 12.8. The molecule has 1 aliphatic rings. The Morgan fingerprint density at radius 2 is 1.95 bits per heavy atom. The van der Waals surface area contributed by atoms with E-state index in [-0.39, 0.29) is 11.7 Å². The third kappa shape index (κ3) is 2.35. The van der Waals surface area contributed by atoms with Gasteiger partial charge in [-0.15, -0.1) is 0 Å². The first kappa shape index (κ1) is 14.7. The van der Waals surface area contributed by atoms with Gasteiger partial charge in [0, 0.05) is 12.6 Å². The number of carbonyl (C=O) groups is 1. The van der Waals surface area contributed by atoms with E-state index in [9.17, 15) is 9.90 Å². The first-order valence-corrected chi connectivity index (χ1v) is 7.42. The van der Waals surface area contributed by atoms with Crippen LogP contribution in [0.15, 0.2) is 18.2 Å². The highest BCUT2D eigenvalue weighted by atomic mass is 16.5. The number of rotatable bonds is 5. The van der Waals surface area contributed by atoms with Crippen LogP contribution in [-0.4, -0.2) is 23.2 Å². The number of nitrogens with zero attached hydrogens (tertiary/aromatic N) is 1. The van der Waals surface area contributed by atoms with Crippen LogP contribution in [0.4, 0.5) is 5.69 Å². The molecule has 20 heavy (non-hydrogen) atoms. The maximum atomic E-state index is 12.8. The Labute approximate surface area is 120 Å². The van der Waals surface area contributed by atoms with Crippen LogP contribution in [0.3, 0.4) is 0 Å². The number of fused-ring (bicyclic) bond motifs is 1. The molecule has 4 nitrogen and oxygen atoms in total. The molecule has 0 saturated heterocycles. The highest BCUT2D eigenvalue weighted by Crippen LogP contribution is 2.42. The SMILES string of the molecule is CCCCN1C(=O)C(CC)(CC)Oc2ccc(O)cc21. The maximum Gasteiger partial charge on any atom is 0.271 e. The van der Waals surface area contributed by atoms with Crippen LogP contribution in [0.5, 0.6) is 11.5 Å². The minimum atomic E-state index is -0.766. The molecule has 0 bridgehead atoms. The zero-order valence-electron chi connectivity index (χ0n) is 12.5. The lowest BCUT2D eigenvalue weighted by molar-refractivity contribution is -0.136. The summed E-state index contributed by atoms with van der Waals surface area (Å²) < 4.78 is 5.99. The van der Waals surface area contributed by atoms with Crippen molar-refractivity contribution in [2.75, 3.05) is 11.4 Å². The number of hydrogen-bond acceptors (Lipinski definition) is 3. The molecule has 1 heterocycles. The number of ether oxygens (including phenoxy) is 1. The minimum Gasteiger partial charge on any atom is -0.508 e. The molecule has 2 rings (SSSR count). The highest BCUT2D eigenvalue weighted by molar-refractivity contribution is 6.03. The number of amides is 1. The Morgan fingerprint density at radius 3 is 2.55 bits per heavy atom. The Bertz CT molecular complexity index is 494. The van der Waals surface area contributed by atoms with Gasteiger partial charge < -0.3 is 14.7 Å². The van der Waals surface area contributed by atoms with E-state index in [1.54, 1.807) is 23.1 Å². The molecule has 1 N–H and O–H groups in total. The Kier molecular flexibility index (Phi) is 4.21. The number of carbonyl (C=O) groups excluding carboxylic acids is 1. The van der Waals surface area contributed by atoms with E-state index in [1.807, 2.05) is 13.8 Å². The lowest BCUT2D eigenvalue weighted by Gasteiger charge is -2.42. The van der Waals surface area contributed by atoms with Gasteiger partial charge in [-0.05, 0) is 31.4 Å². The van der Waals surface area contributed by atoms with Crippen LogP contribution in [-0.2, 0) is 4.79 Å². The van der Waals surface area contributed by atoms with Crippen molar-refractivity contribution in [1.82, 2.24) is 0 Å². The van der Waals surface area contributed by atoms with Crippen LogP contribution in [0.25, 0.3) is 0 Å². The van der Waals surface area contributed by atoms with Crippen LogP contribution in [0.1, 0.15) is 46.5 Å². The number of hydrogen-bond donors (Lipinski definition) is 1. The van der Waals surface area contributed by atoms with Gasteiger partial charge in [-0.25, -0.2) is 0 Å². The number of unbranched alkanes of at least 4 members (excludes halogenated alkanes) is 1. The molecule has 0 fully saturated rings. The summed E-state index contributed by atoms with van der Waals surface area (Å²) in [6, 6.07) is 4.96. The first-order chi connectivity index (χ1) is 9.57. The third-order valence-electron chi connectivity index (χ3n) is 4.05. The molecule has 0 spiro atoms. The molecule has 1 aliphatic heterocycles. The fraction of sp³-hybridized carbons (Fsp3) is 0.562. The zero-order valence-corrected chi connectivity index (χ0v) is 12.5. The van der Waals surface area contributed by atoms with Crippen molar-refractivity contribution in [2.24, 2.45) is 0 Å². The van der Waals surface area contributed by atoms with Crippen LogP contribution in [0.2, 0.25) is 0 Å². The lowest BCUT2D eigenvalue weighted by atomic mass is 9.92. The standard InChI is InChI=1S/C16H23NO3/c1-4-7-10-17-13-11-12(18)8-9-14(13)20-16(5-2,6-3)15(17)19/h8-9,11,18H,4-7,10H2,1-3H3. The Hall–Kier alpha value is -1.71. The molecule has 110 valence electrons. The monoisotopic (exact) mass is 277 g/mol. The molecule has 1 aromatic carbocycles. The van der Waals surface area contributed by atoms with Gasteiger partial charge in [0.2, 0.25) is 0 Å². The Balaban J connectivity index is 2.47. The number of aromatic hydroxyl groups is 1. The van der Waals surface area contributed by atoms with Crippen molar-refractivity contribution in [3.8, 4) is 11.5 Å². The average Bonchev–Trinajstić information content (AvgIpc) is 2.46. The summed E-state index contributed by atoms with van der Waals surface area (Å²) in [4.78, 5) is 14.6. The molecule has 0 unspecified atom stereocenters. The van der Waals surface area contributed by atoms with Gasteiger partial charge in [-0.3, -0.25) is 4.79 Å². The number of anilines is 1. The summed E-state index contributed by atoms with van der Waals surface area (Å²) in [5.74, 6) is 0.846. The van der Waals surface area contributed by atoms with Crippen molar-refractivity contribution in [2.45, 2.75) is 52.1 Å². The zero-order chi connectivity index (χ0) is 14.8. The van der Waals surface area contributed by atoms with E-state index < -0.39 is 5.60 Å². The fourth-order valence-electron chi connectivity index (χ4n) is 2.65. The van der Waals surface area contributed by atoms with E-state index in [0.717, 1.165) is 12.8 Å². The van der Waals surface area contributed by atoms with E-state index in [4.69, 9.17) is 4.74 Å². The van der Waals surface area contributed by atoms with Crippen LogP contribution < -0.4 is 9.64 Å². The van der Waals surface area contributed by atoms with E-state index >= 15 is 0 Å². The summed E-state index contributed by atoms with van der Waals surface area (Å²) in [6.07, 6.45) is 3.24. The minimum absolute atomic E-state index is 0.00838. The fourth-order valence-corrected chi connectivity index (χ4v) is 2.65. The van der Waals surface area contributed by atoms with Gasteiger partial charge in [0.15, 0.2) is 5.60 Å². The van der Waals surface area contributed by atoms with Crippen LogP contribution >= 0.6 is 0 Å². The summed E-state index contributed by atoms with van der Waals surface area (Å²) >= 11 is 0. The van der Waals surface area contributed by atoms with E-state index in [2.05, 4.69) is 6.92 Å². The van der Waals surface area contributed by atoms with Gasteiger partial charge >= 0.3 is 0 Å². The Morgan fingerprint density at radius 1 is 1.25 bits per heavy atom. The predicted molar refractivity (Wildman–Crippen MR) is 79.3 cm³/mol. The average molecular weight is 277 g/mol. The van der Waals surface area contributed by atoms with E-state index in [1.165, 1.54) is 0 Å². The molecule has 0 atom stereocenters. The molecule has 1 amide bonds. The molecular formula is C16H23NO3. The molecule has 0 aliphatic carbocycles. The van der Waals surface area contributed by atoms with Crippen LogP contribution in [0, 0.1) is 0 Å². The van der Waals surface area contributed by atoms with Crippen molar-refractivity contribution in [3.63, 3.8) is 0 Å². The smallest absolute Gasteiger partial charge is 0.271 e. The molecular weight excluding hydrogens is 254 g/mol. The molecule has 0 radical (unpaired) electrons. The molecule has 0 aromatic heterocycles. The lowest BCUT2D eigenvalue weighted by Crippen LogP contribution is -2.55. The molecule has 1 aromatic rings. The number of benzene rings is 1. The number of phenolic OH excluding ortho intramolecular Hbond substituents is 1. The summed E-state index contributed by atoms with van der Waals surface area (Å²) in [5, 5.41) is 9.67. The van der Waals surface area contributed by atoms with Gasteiger partial charge in [0.05, 0.1) is 5.69 Å². The highest BCUT2D eigenvalue weighted by Gasteiger charge is 2.45. The van der Waals surface area contributed by atoms with Gasteiger partial charge in [-0.2, -0.15) is 0 Å². The summed E-state index contributed by atoms with van der Waals surface area (Å²) in [7, 11) is 0. The van der Waals surface area contributed by atoms with Gasteiger partial charge in [0.25, 0.3) is 5.91 Å². The first-order valence-electron chi connectivity index (χ1n) is 7.42. The van der Waals surface area contributed by atoms with Crippen molar-refractivity contribution in [3.05, 3.63) is 18.2 Å². The van der Waals surface area contributed by atoms with Gasteiger partial charge in [0.1, 0.15) is 11.5 Å². The molecule has 4 heteroatoms. The van der Waals surface area contributed by atoms with Crippen molar-refractivity contribution < 1.29 is 14.6 Å². The van der Waals surface area contributed by atoms with Crippen molar-refractivity contribution >= 4 is 11.6 Å². The third-order valence-corrected chi connectivity index (χ3v) is 4.05. The molecule has 0 saturated carbocycles. The summed E-state index contributed by atoms with van der Waals surface area (Å²) in [6.45, 7) is 6.72. The second-order valence-electron chi connectivity index (χ2n) is 5.27. The predicted octanol–water partition coefficient (Wildman–Crippen LogP) is 3.48.